The van der Waals surface area contributed by atoms with Crippen molar-refractivity contribution in [1.29, 1.82) is 0 Å². The standard InChI is InChI=1S/C25H36O2/c1-15-10-17(3)22(26)20(12-15)25(9,19(5)14-24(6,7)8)21-13-16(2)11-18(4)23(21)27/h10-13,19,26-27H,14H2,1-9H3. The van der Waals surface area contributed by atoms with Crippen LogP contribution in [-0.4, -0.2) is 10.2 Å². The minimum atomic E-state index is -0.505. The fourth-order valence-electron chi connectivity index (χ4n) is 4.51. The summed E-state index contributed by atoms with van der Waals surface area (Å²) in [4.78, 5) is 0. The van der Waals surface area contributed by atoms with Crippen molar-refractivity contribution in [2.75, 3.05) is 0 Å². The molecule has 0 heterocycles. The third-order valence-electron chi connectivity index (χ3n) is 5.91. The molecule has 0 amide bonds. The molecule has 0 saturated heterocycles. The van der Waals surface area contributed by atoms with Gasteiger partial charge in [0.2, 0.25) is 0 Å². The van der Waals surface area contributed by atoms with Crippen LogP contribution in [0.2, 0.25) is 0 Å². The molecule has 1 atom stereocenters. The molecule has 0 aliphatic carbocycles. The average Bonchev–Trinajstić information content (AvgIpc) is 2.51. The van der Waals surface area contributed by atoms with Crippen LogP contribution in [0.5, 0.6) is 11.5 Å². The van der Waals surface area contributed by atoms with Gasteiger partial charge in [0.05, 0.1) is 0 Å². The highest BCUT2D eigenvalue weighted by atomic mass is 16.3. The van der Waals surface area contributed by atoms with Crippen molar-refractivity contribution in [3.05, 3.63) is 57.6 Å². The van der Waals surface area contributed by atoms with Crippen LogP contribution in [0.15, 0.2) is 24.3 Å². The fraction of sp³-hybridized carbons (Fsp3) is 0.520. The van der Waals surface area contributed by atoms with Crippen LogP contribution in [0.3, 0.4) is 0 Å². The highest BCUT2D eigenvalue weighted by Gasteiger charge is 2.41. The minimum Gasteiger partial charge on any atom is -0.507 e. The zero-order valence-corrected chi connectivity index (χ0v) is 18.5. The van der Waals surface area contributed by atoms with E-state index in [0.29, 0.717) is 11.5 Å². The van der Waals surface area contributed by atoms with Gasteiger partial charge in [0, 0.05) is 16.5 Å². The highest BCUT2D eigenvalue weighted by Crippen LogP contribution is 2.50. The number of phenolic OH excluding ortho intramolecular Hbond substituents is 2. The molecular weight excluding hydrogens is 332 g/mol. The topological polar surface area (TPSA) is 40.5 Å². The molecule has 2 heteroatoms. The molecular formula is C25H36O2. The molecule has 0 aliphatic rings. The second-order valence-electron chi connectivity index (χ2n) is 9.82. The lowest BCUT2D eigenvalue weighted by atomic mass is 9.62. The summed E-state index contributed by atoms with van der Waals surface area (Å²) < 4.78 is 0. The maximum Gasteiger partial charge on any atom is 0.122 e. The van der Waals surface area contributed by atoms with Crippen molar-refractivity contribution < 1.29 is 10.2 Å². The van der Waals surface area contributed by atoms with E-state index in [1.807, 2.05) is 26.0 Å². The van der Waals surface area contributed by atoms with Crippen LogP contribution >= 0.6 is 0 Å². The Morgan fingerprint density at radius 3 is 1.44 bits per heavy atom. The van der Waals surface area contributed by atoms with Gasteiger partial charge in [-0.1, -0.05) is 70.0 Å². The summed E-state index contributed by atoms with van der Waals surface area (Å²) >= 11 is 0. The zero-order valence-electron chi connectivity index (χ0n) is 18.5. The van der Waals surface area contributed by atoms with Crippen LogP contribution in [-0.2, 0) is 5.41 Å². The number of rotatable bonds is 4. The lowest BCUT2D eigenvalue weighted by Gasteiger charge is -2.41. The third-order valence-corrected chi connectivity index (χ3v) is 5.91. The fourth-order valence-corrected chi connectivity index (χ4v) is 4.51. The van der Waals surface area contributed by atoms with Crippen LogP contribution in [0, 0.1) is 39.0 Å². The van der Waals surface area contributed by atoms with Crippen molar-refractivity contribution >= 4 is 0 Å². The van der Waals surface area contributed by atoms with Gasteiger partial charge in [0.15, 0.2) is 0 Å². The summed E-state index contributed by atoms with van der Waals surface area (Å²) in [5, 5.41) is 22.0. The summed E-state index contributed by atoms with van der Waals surface area (Å²) in [5.41, 5.74) is 5.44. The first-order valence-corrected chi connectivity index (χ1v) is 9.88. The predicted octanol–water partition coefficient (Wildman–Crippen LogP) is 6.71. The minimum absolute atomic E-state index is 0.143. The summed E-state index contributed by atoms with van der Waals surface area (Å²) in [6.45, 7) is 19.2. The maximum atomic E-state index is 11.0. The van der Waals surface area contributed by atoms with Gasteiger partial charge < -0.3 is 10.2 Å². The molecule has 0 aromatic heterocycles. The van der Waals surface area contributed by atoms with E-state index in [9.17, 15) is 10.2 Å². The van der Waals surface area contributed by atoms with Gasteiger partial charge in [0.1, 0.15) is 11.5 Å². The SMILES string of the molecule is Cc1cc(C)c(O)c(C(C)(c2cc(C)cc(C)c2O)C(C)CC(C)(C)C)c1. The van der Waals surface area contributed by atoms with E-state index in [0.717, 1.165) is 39.8 Å². The van der Waals surface area contributed by atoms with Crippen molar-refractivity contribution in [3.63, 3.8) is 0 Å². The molecule has 0 fully saturated rings. The quantitative estimate of drug-likeness (QED) is 0.629. The van der Waals surface area contributed by atoms with Gasteiger partial charge in [-0.05, 0) is 56.6 Å². The molecule has 0 radical (unpaired) electrons. The first kappa shape index (κ1) is 21.3. The van der Waals surface area contributed by atoms with E-state index >= 15 is 0 Å². The average molecular weight is 369 g/mol. The van der Waals surface area contributed by atoms with Gasteiger partial charge in [-0.2, -0.15) is 0 Å². The van der Waals surface area contributed by atoms with Crippen molar-refractivity contribution in [2.45, 2.75) is 74.1 Å². The predicted molar refractivity (Wildman–Crippen MR) is 115 cm³/mol. The van der Waals surface area contributed by atoms with E-state index in [4.69, 9.17) is 0 Å². The summed E-state index contributed by atoms with van der Waals surface area (Å²) in [5.74, 6) is 0.890. The smallest absolute Gasteiger partial charge is 0.122 e. The Morgan fingerprint density at radius 2 is 1.11 bits per heavy atom. The Bertz CT molecular complexity index is 783. The molecule has 148 valence electrons. The number of hydrogen-bond donors (Lipinski definition) is 2. The van der Waals surface area contributed by atoms with Gasteiger partial charge >= 0.3 is 0 Å². The van der Waals surface area contributed by atoms with Gasteiger partial charge in [-0.3, -0.25) is 0 Å². The molecule has 2 rings (SSSR count). The summed E-state index contributed by atoms with van der Waals surface area (Å²) in [6, 6.07) is 8.18. The Kier molecular flexibility index (Phi) is 5.71. The van der Waals surface area contributed by atoms with Gasteiger partial charge in [0.25, 0.3) is 0 Å². The number of phenols is 2. The normalized spacial score (nSPS) is 13.7. The number of benzene rings is 2. The van der Waals surface area contributed by atoms with Crippen molar-refractivity contribution in [3.8, 4) is 11.5 Å². The molecule has 2 nitrogen and oxygen atoms in total. The molecule has 0 saturated carbocycles. The monoisotopic (exact) mass is 368 g/mol. The number of aryl methyl sites for hydroxylation is 4. The second-order valence-corrected chi connectivity index (χ2v) is 9.82. The first-order chi connectivity index (χ1) is 12.3. The van der Waals surface area contributed by atoms with E-state index in [2.05, 4.69) is 60.6 Å². The van der Waals surface area contributed by atoms with Crippen LogP contribution < -0.4 is 0 Å². The number of aromatic hydroxyl groups is 2. The third kappa shape index (κ3) is 4.15. The molecule has 0 bridgehead atoms. The Balaban J connectivity index is 2.86. The molecule has 2 N–H and O–H groups in total. The lowest BCUT2D eigenvalue weighted by molar-refractivity contribution is 0.235. The molecule has 0 spiro atoms. The molecule has 0 aliphatic heterocycles. The molecule has 2 aromatic rings. The zero-order chi connectivity index (χ0) is 20.7. The van der Waals surface area contributed by atoms with E-state index in [1.54, 1.807) is 0 Å². The Hall–Kier alpha value is -1.96. The van der Waals surface area contributed by atoms with Crippen molar-refractivity contribution in [1.82, 2.24) is 0 Å². The Labute approximate surface area is 165 Å². The summed E-state index contributed by atoms with van der Waals surface area (Å²) in [6.07, 6.45) is 0.975. The van der Waals surface area contributed by atoms with E-state index < -0.39 is 5.41 Å². The number of hydrogen-bond acceptors (Lipinski definition) is 2. The van der Waals surface area contributed by atoms with Crippen molar-refractivity contribution in [2.24, 2.45) is 11.3 Å². The van der Waals surface area contributed by atoms with Crippen LogP contribution in [0.4, 0.5) is 0 Å². The Morgan fingerprint density at radius 1 is 0.741 bits per heavy atom. The van der Waals surface area contributed by atoms with Crippen LogP contribution in [0.1, 0.15) is 74.4 Å². The van der Waals surface area contributed by atoms with Gasteiger partial charge in [-0.15, -0.1) is 0 Å². The molecule has 27 heavy (non-hydrogen) atoms. The van der Waals surface area contributed by atoms with E-state index in [-0.39, 0.29) is 11.3 Å². The first-order valence-electron chi connectivity index (χ1n) is 9.88. The van der Waals surface area contributed by atoms with Crippen LogP contribution in [0.25, 0.3) is 0 Å². The second kappa shape index (κ2) is 7.22. The maximum absolute atomic E-state index is 11.0. The molecule has 2 aromatic carbocycles. The summed E-state index contributed by atoms with van der Waals surface area (Å²) in [7, 11) is 0. The lowest BCUT2D eigenvalue weighted by Crippen LogP contribution is -2.35. The largest absolute Gasteiger partial charge is 0.507 e. The highest BCUT2D eigenvalue weighted by molar-refractivity contribution is 5.57. The van der Waals surface area contributed by atoms with Gasteiger partial charge in [-0.25, -0.2) is 0 Å². The van der Waals surface area contributed by atoms with E-state index in [1.165, 1.54) is 0 Å². The molecule has 1 unspecified atom stereocenters.